The van der Waals surface area contributed by atoms with Crippen molar-refractivity contribution in [2.75, 3.05) is 0 Å². The topological polar surface area (TPSA) is 129 Å². The minimum absolute atomic E-state index is 0.197. The van der Waals surface area contributed by atoms with Crippen LogP contribution in [0.4, 0.5) is 0 Å². The molecule has 3 aromatic heterocycles. The van der Waals surface area contributed by atoms with Gasteiger partial charge in [-0.25, -0.2) is 4.79 Å². The third-order valence-corrected chi connectivity index (χ3v) is 3.30. The van der Waals surface area contributed by atoms with Gasteiger partial charge in [-0.2, -0.15) is 9.61 Å². The smallest absolute Gasteiger partial charge is 0.356 e. The molecule has 0 bridgehead atoms. The lowest BCUT2D eigenvalue weighted by molar-refractivity contribution is 0.0690. The van der Waals surface area contributed by atoms with Crippen molar-refractivity contribution in [1.82, 2.24) is 30.0 Å². The number of aromatic amines is 2. The van der Waals surface area contributed by atoms with E-state index >= 15 is 0 Å². The van der Waals surface area contributed by atoms with E-state index in [1.54, 1.807) is 18.2 Å². The van der Waals surface area contributed by atoms with Crippen molar-refractivity contribution < 1.29 is 9.90 Å². The third kappa shape index (κ3) is 1.76. The highest BCUT2D eigenvalue weighted by Crippen LogP contribution is 2.20. The first kappa shape index (κ1) is 12.3. The average molecular weight is 296 g/mol. The van der Waals surface area contributed by atoms with Crippen LogP contribution in [0.3, 0.4) is 0 Å². The van der Waals surface area contributed by atoms with Gasteiger partial charge in [0.25, 0.3) is 5.56 Å². The fourth-order valence-electron chi connectivity index (χ4n) is 2.27. The molecule has 0 fully saturated rings. The Kier molecular flexibility index (Phi) is 2.37. The molecule has 0 radical (unpaired) electrons. The van der Waals surface area contributed by atoms with Gasteiger partial charge in [-0.15, -0.1) is 5.10 Å². The number of nitrogens with one attached hydrogen (secondary N) is 2. The van der Waals surface area contributed by atoms with E-state index in [0.29, 0.717) is 16.9 Å². The SMILES string of the molecule is O=C(O)c1cc2[nH]c(-c3ccc4[nH]nnc4c3)cc(=O)n2n1. The Hall–Kier alpha value is -3.49. The number of hydrogen-bond donors (Lipinski definition) is 3. The number of carboxylic acid groups (broad SMARTS) is 1. The van der Waals surface area contributed by atoms with Crippen LogP contribution in [0, 0.1) is 0 Å². The fraction of sp³-hybridized carbons (Fsp3) is 0. The van der Waals surface area contributed by atoms with E-state index < -0.39 is 11.5 Å². The van der Waals surface area contributed by atoms with E-state index in [2.05, 4.69) is 25.5 Å². The van der Waals surface area contributed by atoms with Crippen LogP contribution in [-0.2, 0) is 0 Å². The third-order valence-electron chi connectivity index (χ3n) is 3.30. The van der Waals surface area contributed by atoms with Crippen molar-refractivity contribution in [3.05, 3.63) is 46.4 Å². The van der Waals surface area contributed by atoms with Crippen molar-refractivity contribution in [2.24, 2.45) is 0 Å². The lowest BCUT2D eigenvalue weighted by Gasteiger charge is -2.02. The molecule has 0 amide bonds. The molecule has 0 aliphatic carbocycles. The summed E-state index contributed by atoms with van der Waals surface area (Å²) in [6, 6.07) is 8.04. The van der Waals surface area contributed by atoms with Crippen molar-refractivity contribution in [3.63, 3.8) is 0 Å². The van der Waals surface area contributed by atoms with Gasteiger partial charge in [0.15, 0.2) is 5.69 Å². The lowest BCUT2D eigenvalue weighted by Crippen LogP contribution is -2.14. The Morgan fingerprint density at radius 2 is 2.09 bits per heavy atom. The zero-order valence-corrected chi connectivity index (χ0v) is 10.9. The average Bonchev–Trinajstić information content (AvgIpc) is 3.12. The summed E-state index contributed by atoms with van der Waals surface area (Å²) in [7, 11) is 0. The number of aromatic carboxylic acids is 1. The highest BCUT2D eigenvalue weighted by atomic mass is 16.4. The number of benzene rings is 1. The largest absolute Gasteiger partial charge is 0.476 e. The second-order valence-corrected chi connectivity index (χ2v) is 4.70. The molecule has 3 N–H and O–H groups in total. The number of rotatable bonds is 2. The molecule has 108 valence electrons. The first-order valence-corrected chi connectivity index (χ1v) is 6.29. The molecule has 0 atom stereocenters. The molecule has 4 aromatic rings. The van der Waals surface area contributed by atoms with Crippen molar-refractivity contribution in [3.8, 4) is 11.3 Å². The van der Waals surface area contributed by atoms with Crippen LogP contribution in [0.1, 0.15) is 10.5 Å². The number of H-pyrrole nitrogens is 2. The van der Waals surface area contributed by atoms with Gasteiger partial charge in [-0.1, -0.05) is 11.3 Å². The summed E-state index contributed by atoms with van der Waals surface area (Å²) in [6.45, 7) is 0. The summed E-state index contributed by atoms with van der Waals surface area (Å²) >= 11 is 0. The predicted octanol–water partition coefficient (Wildman–Crippen LogP) is 0.659. The molecular formula is C13H8N6O3. The summed E-state index contributed by atoms with van der Waals surface area (Å²) in [5.41, 5.74) is 2.41. The zero-order chi connectivity index (χ0) is 15.3. The maximum absolute atomic E-state index is 12.1. The quantitative estimate of drug-likeness (QED) is 0.498. The second kappa shape index (κ2) is 4.25. The Labute approximate surface area is 121 Å². The number of hydrogen-bond acceptors (Lipinski definition) is 5. The molecule has 0 saturated heterocycles. The number of carboxylic acids is 1. The monoisotopic (exact) mass is 296 g/mol. The summed E-state index contributed by atoms with van der Waals surface area (Å²) in [5, 5.41) is 23.0. The number of nitrogens with zero attached hydrogens (tertiary/aromatic N) is 4. The number of aromatic nitrogens is 6. The van der Waals surface area contributed by atoms with Crippen LogP contribution in [-0.4, -0.2) is 41.1 Å². The van der Waals surface area contributed by atoms with Crippen LogP contribution in [0.2, 0.25) is 0 Å². The molecule has 0 spiro atoms. The molecule has 3 heterocycles. The van der Waals surface area contributed by atoms with Crippen molar-refractivity contribution >= 4 is 22.6 Å². The molecule has 1 aromatic carbocycles. The number of fused-ring (bicyclic) bond motifs is 2. The molecule has 9 nitrogen and oxygen atoms in total. The van der Waals surface area contributed by atoms with Gasteiger partial charge in [0.1, 0.15) is 11.2 Å². The lowest BCUT2D eigenvalue weighted by atomic mass is 10.1. The zero-order valence-electron chi connectivity index (χ0n) is 10.9. The van der Waals surface area contributed by atoms with Gasteiger partial charge in [-0.05, 0) is 12.1 Å². The summed E-state index contributed by atoms with van der Waals surface area (Å²) < 4.78 is 1.02. The van der Waals surface area contributed by atoms with Gasteiger partial charge >= 0.3 is 5.97 Å². The van der Waals surface area contributed by atoms with Crippen LogP contribution >= 0.6 is 0 Å². The van der Waals surface area contributed by atoms with Crippen molar-refractivity contribution in [1.29, 1.82) is 0 Å². The molecule has 0 aliphatic heterocycles. The Balaban J connectivity index is 1.94. The van der Waals surface area contributed by atoms with E-state index in [-0.39, 0.29) is 5.69 Å². The minimum Gasteiger partial charge on any atom is -0.476 e. The molecule has 4 rings (SSSR count). The molecule has 22 heavy (non-hydrogen) atoms. The number of carbonyl (C=O) groups is 1. The van der Waals surface area contributed by atoms with E-state index in [0.717, 1.165) is 15.6 Å². The van der Waals surface area contributed by atoms with E-state index in [1.165, 1.54) is 12.1 Å². The van der Waals surface area contributed by atoms with Crippen LogP contribution in [0.25, 0.3) is 27.9 Å². The maximum atomic E-state index is 12.1. The predicted molar refractivity (Wildman–Crippen MR) is 75.7 cm³/mol. The van der Waals surface area contributed by atoms with Crippen LogP contribution in [0.15, 0.2) is 35.1 Å². The van der Waals surface area contributed by atoms with E-state index in [9.17, 15) is 9.59 Å². The fourth-order valence-corrected chi connectivity index (χ4v) is 2.27. The first-order chi connectivity index (χ1) is 10.6. The van der Waals surface area contributed by atoms with Gasteiger partial charge in [0.2, 0.25) is 0 Å². The minimum atomic E-state index is -1.19. The summed E-state index contributed by atoms with van der Waals surface area (Å²) in [5.74, 6) is -1.19. The Morgan fingerprint density at radius 3 is 2.91 bits per heavy atom. The Morgan fingerprint density at radius 1 is 1.23 bits per heavy atom. The van der Waals surface area contributed by atoms with E-state index in [4.69, 9.17) is 5.11 Å². The Bertz CT molecular complexity index is 1090. The van der Waals surface area contributed by atoms with Gasteiger partial charge in [0, 0.05) is 17.7 Å². The second-order valence-electron chi connectivity index (χ2n) is 4.70. The van der Waals surface area contributed by atoms with E-state index in [1.807, 2.05) is 0 Å². The summed E-state index contributed by atoms with van der Waals surface area (Å²) in [4.78, 5) is 26.0. The van der Waals surface area contributed by atoms with Gasteiger partial charge in [0.05, 0.1) is 11.2 Å². The molecule has 9 heteroatoms. The molecule has 0 saturated carbocycles. The molecular weight excluding hydrogens is 288 g/mol. The standard InChI is InChI=1S/C13H8N6O3/c20-12-5-8(6-1-2-7-9(3-6)16-18-15-7)14-11-4-10(13(21)22)17-19(11)12/h1-5,14H,(H,21,22)(H,15,16,18). The van der Waals surface area contributed by atoms with Crippen LogP contribution in [0.5, 0.6) is 0 Å². The normalized spacial score (nSPS) is 11.3. The molecule has 0 unspecified atom stereocenters. The van der Waals surface area contributed by atoms with Gasteiger partial charge in [-0.3, -0.25) is 9.89 Å². The van der Waals surface area contributed by atoms with Gasteiger partial charge < -0.3 is 10.1 Å². The van der Waals surface area contributed by atoms with Crippen molar-refractivity contribution in [2.45, 2.75) is 0 Å². The first-order valence-electron chi connectivity index (χ1n) is 6.29. The van der Waals surface area contributed by atoms with Crippen LogP contribution < -0.4 is 5.56 Å². The molecule has 0 aliphatic rings. The highest BCUT2D eigenvalue weighted by Gasteiger charge is 2.12. The highest BCUT2D eigenvalue weighted by molar-refractivity contribution is 5.87. The summed E-state index contributed by atoms with van der Waals surface area (Å²) in [6.07, 6.45) is 0. The maximum Gasteiger partial charge on any atom is 0.356 e.